The van der Waals surface area contributed by atoms with E-state index in [-0.39, 0.29) is 12.5 Å². The molecule has 0 saturated heterocycles. The second-order valence-electron chi connectivity index (χ2n) is 7.71. The van der Waals surface area contributed by atoms with Crippen molar-refractivity contribution >= 4 is 22.9 Å². The zero-order valence-electron chi connectivity index (χ0n) is 16.6. The van der Waals surface area contributed by atoms with Crippen molar-refractivity contribution in [1.29, 1.82) is 0 Å². The van der Waals surface area contributed by atoms with Gasteiger partial charge in [-0.3, -0.25) is 14.3 Å². The molecule has 7 heteroatoms. The van der Waals surface area contributed by atoms with Gasteiger partial charge < -0.3 is 10.4 Å². The summed E-state index contributed by atoms with van der Waals surface area (Å²) in [7, 11) is 1.82. The number of carbonyl (C=O) groups excluding carboxylic acids is 1. The summed E-state index contributed by atoms with van der Waals surface area (Å²) in [5.74, 6) is -1.51. The summed E-state index contributed by atoms with van der Waals surface area (Å²) in [6, 6.07) is 11.3. The Morgan fingerprint density at radius 2 is 2.00 bits per heavy atom. The van der Waals surface area contributed by atoms with Crippen molar-refractivity contribution in [3.05, 3.63) is 58.9 Å². The molecule has 1 aliphatic carbocycles. The molecule has 2 N–H and O–H groups in total. The van der Waals surface area contributed by atoms with E-state index in [1.54, 1.807) is 4.68 Å². The first-order chi connectivity index (χ1) is 13.9. The van der Waals surface area contributed by atoms with Gasteiger partial charge >= 0.3 is 5.97 Å². The molecule has 1 aromatic carbocycles. The number of carboxylic acids is 1. The lowest BCUT2D eigenvalue weighted by Crippen LogP contribution is -2.34. The Labute approximate surface area is 168 Å². The molecule has 2 aromatic heterocycles. The minimum Gasteiger partial charge on any atom is -0.481 e. The fraction of sp³-hybridized carbons (Fsp3) is 0.364. The number of amides is 1. The quantitative estimate of drug-likeness (QED) is 0.644. The Kier molecular flexibility index (Phi) is 5.05. The van der Waals surface area contributed by atoms with Gasteiger partial charge in [0.25, 0.3) is 5.91 Å². The van der Waals surface area contributed by atoms with Crippen molar-refractivity contribution in [2.45, 2.75) is 32.1 Å². The molecule has 150 valence electrons. The molecule has 1 amide bonds. The van der Waals surface area contributed by atoms with E-state index in [4.69, 9.17) is 4.98 Å². The third kappa shape index (κ3) is 3.99. The number of hydrogen-bond donors (Lipinski definition) is 2. The van der Waals surface area contributed by atoms with Crippen LogP contribution in [-0.2, 0) is 18.3 Å². The van der Waals surface area contributed by atoms with Crippen molar-refractivity contribution in [3.63, 3.8) is 0 Å². The van der Waals surface area contributed by atoms with Gasteiger partial charge in [0, 0.05) is 25.2 Å². The van der Waals surface area contributed by atoms with Crippen LogP contribution in [0.15, 0.2) is 36.4 Å². The lowest BCUT2D eigenvalue weighted by Gasteiger charge is -2.14. The van der Waals surface area contributed by atoms with Crippen molar-refractivity contribution < 1.29 is 14.7 Å². The molecule has 0 bridgehead atoms. The predicted octanol–water partition coefficient (Wildman–Crippen LogP) is 2.83. The van der Waals surface area contributed by atoms with Crippen LogP contribution < -0.4 is 5.32 Å². The zero-order valence-corrected chi connectivity index (χ0v) is 16.6. The van der Waals surface area contributed by atoms with Crippen molar-refractivity contribution in [2.24, 2.45) is 13.0 Å². The van der Waals surface area contributed by atoms with Crippen molar-refractivity contribution in [3.8, 4) is 0 Å². The lowest BCUT2D eigenvalue weighted by atomic mass is 9.99. The number of aryl methyl sites for hydroxylation is 2. The molecule has 4 rings (SSSR count). The maximum atomic E-state index is 13.0. The van der Waals surface area contributed by atoms with Gasteiger partial charge in [0.15, 0.2) is 5.65 Å². The second kappa shape index (κ2) is 7.66. The van der Waals surface area contributed by atoms with E-state index in [1.165, 1.54) is 0 Å². The Balaban J connectivity index is 1.57. The number of nitrogens with one attached hydrogen (secondary N) is 1. The van der Waals surface area contributed by atoms with Crippen molar-refractivity contribution in [2.75, 3.05) is 6.54 Å². The third-order valence-corrected chi connectivity index (χ3v) is 5.41. The highest BCUT2D eigenvalue weighted by atomic mass is 16.4. The average molecular weight is 392 g/mol. The van der Waals surface area contributed by atoms with E-state index in [0.29, 0.717) is 23.5 Å². The molecule has 0 radical (unpaired) electrons. The smallest absolute Gasteiger partial charge is 0.308 e. The van der Waals surface area contributed by atoms with Crippen LogP contribution in [0.5, 0.6) is 0 Å². The van der Waals surface area contributed by atoms with Crippen LogP contribution in [0.2, 0.25) is 0 Å². The topological polar surface area (TPSA) is 97.1 Å². The molecule has 1 aliphatic rings. The fourth-order valence-corrected chi connectivity index (χ4v) is 3.69. The Bertz CT molecular complexity index is 1070. The maximum absolute atomic E-state index is 13.0. The summed E-state index contributed by atoms with van der Waals surface area (Å²) in [6.45, 7) is 1.91. The number of carboxylic acid groups (broad SMARTS) is 1. The van der Waals surface area contributed by atoms with Crippen LogP contribution >= 0.6 is 0 Å². The SMILES string of the molecule is Cc1nn(C)c2nc(C3CC3)cc(C(=O)NCC(Cc3ccccc3)C(=O)O)c12. The van der Waals surface area contributed by atoms with Crippen LogP contribution in [0.25, 0.3) is 11.0 Å². The van der Waals surface area contributed by atoms with Gasteiger partial charge in [0.05, 0.1) is 22.6 Å². The van der Waals surface area contributed by atoms with Crippen LogP contribution in [0.3, 0.4) is 0 Å². The molecule has 29 heavy (non-hydrogen) atoms. The number of aliphatic carboxylic acids is 1. The molecule has 1 unspecified atom stereocenters. The number of rotatable bonds is 7. The molecule has 3 aromatic rings. The summed E-state index contributed by atoms with van der Waals surface area (Å²) in [5, 5.41) is 17.6. The summed E-state index contributed by atoms with van der Waals surface area (Å²) >= 11 is 0. The lowest BCUT2D eigenvalue weighted by molar-refractivity contribution is -0.141. The standard InChI is InChI=1S/C22H24N4O3/c1-13-19-17(11-18(15-8-9-15)24-20(19)26(2)25-13)21(27)23-12-16(22(28)29)10-14-6-4-3-5-7-14/h3-7,11,15-16H,8-10,12H2,1-2H3,(H,23,27)(H,28,29). The molecule has 0 aliphatic heterocycles. The maximum Gasteiger partial charge on any atom is 0.308 e. The Hall–Kier alpha value is -3.22. The number of hydrogen-bond acceptors (Lipinski definition) is 4. The van der Waals surface area contributed by atoms with Crippen LogP contribution in [0.4, 0.5) is 0 Å². The molecule has 1 saturated carbocycles. The average Bonchev–Trinajstić information content (AvgIpc) is 3.51. The number of aromatic nitrogens is 3. The van der Waals surface area contributed by atoms with E-state index < -0.39 is 11.9 Å². The first-order valence-electron chi connectivity index (χ1n) is 9.83. The molecule has 0 spiro atoms. The summed E-state index contributed by atoms with van der Waals surface area (Å²) in [6.07, 6.45) is 2.52. The monoisotopic (exact) mass is 392 g/mol. The zero-order chi connectivity index (χ0) is 20.5. The highest BCUT2D eigenvalue weighted by Gasteiger charge is 2.29. The molecule has 2 heterocycles. The van der Waals surface area contributed by atoms with Gasteiger partial charge in [-0.1, -0.05) is 30.3 Å². The van der Waals surface area contributed by atoms with Gasteiger partial charge in [-0.05, 0) is 37.8 Å². The Morgan fingerprint density at radius 3 is 2.66 bits per heavy atom. The summed E-state index contributed by atoms with van der Waals surface area (Å²) in [4.78, 5) is 29.4. The van der Waals surface area contributed by atoms with E-state index in [9.17, 15) is 14.7 Å². The minimum atomic E-state index is -0.926. The molecular formula is C22H24N4O3. The molecule has 1 fully saturated rings. The minimum absolute atomic E-state index is 0.0605. The van der Waals surface area contributed by atoms with E-state index in [0.717, 1.165) is 35.2 Å². The first kappa shape index (κ1) is 19.1. The second-order valence-corrected chi connectivity index (χ2v) is 7.71. The van der Waals surface area contributed by atoms with Gasteiger partial charge in [0.1, 0.15) is 0 Å². The van der Waals surface area contributed by atoms with Crippen molar-refractivity contribution in [1.82, 2.24) is 20.1 Å². The van der Waals surface area contributed by atoms with Gasteiger partial charge in [-0.2, -0.15) is 5.10 Å². The largest absolute Gasteiger partial charge is 0.481 e. The number of pyridine rings is 1. The predicted molar refractivity (Wildman–Crippen MR) is 109 cm³/mol. The number of fused-ring (bicyclic) bond motifs is 1. The van der Waals surface area contributed by atoms with Crippen LogP contribution in [0.1, 0.15) is 46.1 Å². The van der Waals surface area contributed by atoms with Gasteiger partial charge in [-0.15, -0.1) is 0 Å². The third-order valence-electron chi connectivity index (χ3n) is 5.41. The highest BCUT2D eigenvalue weighted by Crippen LogP contribution is 2.40. The molecule has 1 atom stereocenters. The first-order valence-corrected chi connectivity index (χ1v) is 9.83. The van der Waals surface area contributed by atoms with E-state index >= 15 is 0 Å². The summed E-state index contributed by atoms with van der Waals surface area (Å²) < 4.78 is 1.70. The number of nitrogens with zero attached hydrogens (tertiary/aromatic N) is 3. The van der Waals surface area contributed by atoms with Gasteiger partial charge in [-0.25, -0.2) is 4.98 Å². The Morgan fingerprint density at radius 1 is 1.28 bits per heavy atom. The van der Waals surface area contributed by atoms with Crippen LogP contribution in [-0.4, -0.2) is 38.3 Å². The number of benzene rings is 1. The van der Waals surface area contributed by atoms with E-state index in [1.807, 2.05) is 50.4 Å². The van der Waals surface area contributed by atoms with E-state index in [2.05, 4.69) is 10.4 Å². The fourth-order valence-electron chi connectivity index (χ4n) is 3.69. The molecular weight excluding hydrogens is 368 g/mol. The highest BCUT2D eigenvalue weighted by molar-refractivity contribution is 6.06. The van der Waals surface area contributed by atoms with Gasteiger partial charge in [0.2, 0.25) is 0 Å². The summed E-state index contributed by atoms with van der Waals surface area (Å²) in [5.41, 5.74) is 3.79. The molecule has 7 nitrogen and oxygen atoms in total. The number of carbonyl (C=O) groups is 2. The van der Waals surface area contributed by atoms with Crippen LogP contribution in [0, 0.1) is 12.8 Å². The normalized spacial score (nSPS) is 14.7.